The summed E-state index contributed by atoms with van der Waals surface area (Å²) in [5, 5.41) is 0. The average molecular weight is 282 g/mol. The minimum absolute atomic E-state index is 0.157. The van der Waals surface area contributed by atoms with E-state index in [-0.39, 0.29) is 17.1 Å². The van der Waals surface area contributed by atoms with Crippen LogP contribution in [-0.2, 0) is 14.1 Å². The van der Waals surface area contributed by atoms with E-state index in [0.717, 1.165) is 10.3 Å². The number of nitrogens with two attached hydrogens (primary N) is 1. The minimum atomic E-state index is -0.449. The lowest BCUT2D eigenvalue weighted by Gasteiger charge is -2.05. The lowest BCUT2D eigenvalue weighted by atomic mass is 10.5. The highest BCUT2D eigenvalue weighted by molar-refractivity contribution is 7.98. The maximum atomic E-state index is 12.1. The fourth-order valence-corrected chi connectivity index (χ4v) is 2.04. The normalized spacial score (nSPS) is 12.3. The lowest BCUT2D eigenvalue weighted by Crippen LogP contribution is -2.38. The standard InChI is InChI=1S/C10H14N6O2S/c1-4-19-13-9(11)16-5-12-7-6(16)8(17)15(3)10(18)14(7)2/h5H,4H2,1-3H3,(H2,11,13). The van der Waals surface area contributed by atoms with Gasteiger partial charge in [-0.25, -0.2) is 9.78 Å². The quantitative estimate of drug-likeness (QED) is 0.444. The summed E-state index contributed by atoms with van der Waals surface area (Å²) >= 11 is 1.28. The number of imidazole rings is 1. The number of aryl methyl sites for hydroxylation is 1. The van der Waals surface area contributed by atoms with Gasteiger partial charge in [-0.15, -0.1) is 0 Å². The zero-order valence-electron chi connectivity index (χ0n) is 10.8. The van der Waals surface area contributed by atoms with Gasteiger partial charge in [0.25, 0.3) is 5.56 Å². The third kappa shape index (κ3) is 2.05. The van der Waals surface area contributed by atoms with Crippen molar-refractivity contribution in [2.75, 3.05) is 5.75 Å². The zero-order valence-corrected chi connectivity index (χ0v) is 11.6. The fraction of sp³-hybridized carbons (Fsp3) is 0.400. The number of hydrogen-bond acceptors (Lipinski definition) is 5. The topological polar surface area (TPSA) is 100 Å². The molecule has 2 heterocycles. The van der Waals surface area contributed by atoms with Gasteiger partial charge in [0.1, 0.15) is 6.33 Å². The molecule has 0 aliphatic carbocycles. The molecule has 2 aromatic rings. The summed E-state index contributed by atoms with van der Waals surface area (Å²) in [6.45, 7) is 1.94. The van der Waals surface area contributed by atoms with Crippen molar-refractivity contribution in [1.82, 2.24) is 18.7 Å². The van der Waals surface area contributed by atoms with Crippen molar-refractivity contribution in [3.8, 4) is 0 Å². The van der Waals surface area contributed by atoms with Gasteiger partial charge >= 0.3 is 5.69 Å². The molecule has 0 amide bonds. The Labute approximate surface area is 112 Å². The molecule has 9 heteroatoms. The number of nitrogens with zero attached hydrogens (tertiary/aromatic N) is 5. The molecule has 0 aromatic carbocycles. The molecule has 0 aliphatic rings. The Balaban J connectivity index is 2.81. The van der Waals surface area contributed by atoms with Crippen LogP contribution in [0.15, 0.2) is 20.3 Å². The minimum Gasteiger partial charge on any atom is -0.368 e. The van der Waals surface area contributed by atoms with E-state index in [1.54, 1.807) is 7.05 Å². The monoisotopic (exact) mass is 282 g/mol. The van der Waals surface area contributed by atoms with Crippen LogP contribution in [0.1, 0.15) is 6.92 Å². The maximum absolute atomic E-state index is 12.1. The molecular weight excluding hydrogens is 268 g/mol. The second kappa shape index (κ2) is 4.92. The molecule has 0 saturated carbocycles. The highest BCUT2D eigenvalue weighted by Gasteiger charge is 2.15. The molecule has 0 fully saturated rings. The summed E-state index contributed by atoms with van der Waals surface area (Å²) in [6, 6.07) is 0. The summed E-state index contributed by atoms with van der Waals surface area (Å²) < 4.78 is 7.76. The SMILES string of the molecule is CCSN=C(N)n1cnc2c1c(=O)n(C)c(=O)n2C. The first-order chi connectivity index (χ1) is 8.99. The van der Waals surface area contributed by atoms with Gasteiger partial charge in [0.2, 0.25) is 5.96 Å². The summed E-state index contributed by atoms with van der Waals surface area (Å²) in [5.74, 6) is 0.925. The molecule has 0 saturated heterocycles. The molecular formula is C10H14N6O2S. The summed E-state index contributed by atoms with van der Waals surface area (Å²) in [4.78, 5) is 28.0. The Morgan fingerprint density at radius 3 is 2.74 bits per heavy atom. The first-order valence-electron chi connectivity index (χ1n) is 5.57. The van der Waals surface area contributed by atoms with E-state index in [0.29, 0.717) is 0 Å². The Morgan fingerprint density at radius 2 is 2.11 bits per heavy atom. The smallest absolute Gasteiger partial charge is 0.332 e. The summed E-state index contributed by atoms with van der Waals surface area (Å²) in [7, 11) is 2.96. The van der Waals surface area contributed by atoms with Gasteiger partial charge in [0.05, 0.1) is 0 Å². The van der Waals surface area contributed by atoms with Crippen LogP contribution in [0, 0.1) is 0 Å². The van der Waals surface area contributed by atoms with Gasteiger partial charge in [0, 0.05) is 19.8 Å². The number of hydrogen-bond donors (Lipinski definition) is 1. The van der Waals surface area contributed by atoms with E-state index in [2.05, 4.69) is 9.38 Å². The van der Waals surface area contributed by atoms with Crippen LogP contribution in [0.25, 0.3) is 11.2 Å². The van der Waals surface area contributed by atoms with E-state index in [1.165, 1.54) is 34.5 Å². The van der Waals surface area contributed by atoms with Crippen LogP contribution >= 0.6 is 11.9 Å². The van der Waals surface area contributed by atoms with E-state index < -0.39 is 11.2 Å². The van der Waals surface area contributed by atoms with Crippen LogP contribution in [0.5, 0.6) is 0 Å². The first-order valence-corrected chi connectivity index (χ1v) is 6.52. The van der Waals surface area contributed by atoms with Crippen molar-refractivity contribution in [3.63, 3.8) is 0 Å². The largest absolute Gasteiger partial charge is 0.368 e. The van der Waals surface area contributed by atoms with Crippen molar-refractivity contribution >= 4 is 29.1 Å². The van der Waals surface area contributed by atoms with Crippen molar-refractivity contribution in [1.29, 1.82) is 0 Å². The average Bonchev–Trinajstić information content (AvgIpc) is 2.85. The molecule has 19 heavy (non-hydrogen) atoms. The van der Waals surface area contributed by atoms with E-state index >= 15 is 0 Å². The molecule has 0 unspecified atom stereocenters. The van der Waals surface area contributed by atoms with Crippen LogP contribution in [0.4, 0.5) is 0 Å². The van der Waals surface area contributed by atoms with Crippen LogP contribution in [0.2, 0.25) is 0 Å². The van der Waals surface area contributed by atoms with Crippen molar-refractivity contribution < 1.29 is 0 Å². The number of fused-ring (bicyclic) bond motifs is 1. The second-order valence-electron chi connectivity index (χ2n) is 3.86. The van der Waals surface area contributed by atoms with Crippen molar-refractivity contribution in [3.05, 3.63) is 27.2 Å². The number of rotatable bonds is 2. The van der Waals surface area contributed by atoms with Crippen LogP contribution < -0.4 is 17.0 Å². The lowest BCUT2D eigenvalue weighted by molar-refractivity contribution is 0.708. The Kier molecular flexibility index (Phi) is 3.47. The third-order valence-corrected chi connectivity index (χ3v) is 3.26. The molecule has 0 spiro atoms. The number of aromatic nitrogens is 4. The molecule has 0 bridgehead atoms. The Morgan fingerprint density at radius 1 is 1.42 bits per heavy atom. The van der Waals surface area contributed by atoms with Crippen LogP contribution in [-0.4, -0.2) is 30.4 Å². The van der Waals surface area contributed by atoms with Gasteiger partial charge in [-0.2, -0.15) is 4.40 Å². The molecule has 0 aliphatic heterocycles. The van der Waals surface area contributed by atoms with Crippen molar-refractivity contribution in [2.24, 2.45) is 24.2 Å². The van der Waals surface area contributed by atoms with Gasteiger partial charge in [-0.3, -0.25) is 18.5 Å². The van der Waals surface area contributed by atoms with Gasteiger partial charge in [-0.05, 0) is 11.9 Å². The van der Waals surface area contributed by atoms with E-state index in [1.807, 2.05) is 6.92 Å². The predicted molar refractivity (Wildman–Crippen MR) is 75.4 cm³/mol. The molecule has 2 rings (SSSR count). The predicted octanol–water partition coefficient (Wildman–Crippen LogP) is -0.735. The molecule has 0 atom stereocenters. The zero-order chi connectivity index (χ0) is 14.2. The fourth-order valence-electron chi connectivity index (χ4n) is 1.69. The molecule has 2 N–H and O–H groups in total. The Hall–Kier alpha value is -2.03. The van der Waals surface area contributed by atoms with E-state index in [4.69, 9.17) is 5.73 Å². The van der Waals surface area contributed by atoms with Gasteiger partial charge < -0.3 is 5.73 Å². The second-order valence-corrected chi connectivity index (χ2v) is 4.88. The van der Waals surface area contributed by atoms with Crippen molar-refractivity contribution in [2.45, 2.75) is 6.92 Å². The van der Waals surface area contributed by atoms with E-state index in [9.17, 15) is 9.59 Å². The van der Waals surface area contributed by atoms with Crippen LogP contribution in [0.3, 0.4) is 0 Å². The molecule has 8 nitrogen and oxygen atoms in total. The first kappa shape index (κ1) is 13.4. The maximum Gasteiger partial charge on any atom is 0.332 e. The molecule has 102 valence electrons. The summed E-state index contributed by atoms with van der Waals surface area (Å²) in [5.41, 5.74) is 5.46. The van der Waals surface area contributed by atoms with Gasteiger partial charge in [0.15, 0.2) is 11.2 Å². The summed E-state index contributed by atoms with van der Waals surface area (Å²) in [6.07, 6.45) is 1.39. The highest BCUT2D eigenvalue weighted by atomic mass is 32.2. The molecule has 2 aromatic heterocycles. The van der Waals surface area contributed by atoms with Gasteiger partial charge in [-0.1, -0.05) is 6.92 Å². The third-order valence-electron chi connectivity index (χ3n) is 2.68. The molecule has 0 radical (unpaired) electrons. The Bertz CT molecular complexity index is 769. The highest BCUT2D eigenvalue weighted by Crippen LogP contribution is 2.06.